The molecule has 3 unspecified atom stereocenters. The molecule has 1 saturated carbocycles. The van der Waals surface area contributed by atoms with E-state index in [9.17, 15) is 9.59 Å². The molecule has 1 aliphatic carbocycles. The van der Waals surface area contributed by atoms with Crippen LogP contribution in [0.3, 0.4) is 0 Å². The highest BCUT2D eigenvalue weighted by Gasteiger charge is 2.36. The number of Topliss-reactive ketones (excluding diaryl/α,β-unsaturated/α-hetero) is 2. The molecular weight excluding hydrogens is 194 g/mol. The van der Waals surface area contributed by atoms with E-state index < -0.39 is 0 Å². The summed E-state index contributed by atoms with van der Waals surface area (Å²) in [6.45, 7) is 4.92. The number of carbonyl (C=O) groups excluding carboxylic acids is 2. The molecule has 4 nitrogen and oxygen atoms in total. The van der Waals surface area contributed by atoms with Gasteiger partial charge in [0.25, 0.3) is 0 Å². The molecule has 84 valence electrons. The van der Waals surface area contributed by atoms with E-state index in [4.69, 9.17) is 5.21 Å². The number of hydrogen-bond acceptors (Lipinski definition) is 4. The lowest BCUT2D eigenvalue weighted by molar-refractivity contribution is -0.125. The molecule has 3 atom stereocenters. The summed E-state index contributed by atoms with van der Waals surface area (Å²) in [6.07, 6.45) is 1.07. The van der Waals surface area contributed by atoms with Gasteiger partial charge in [0.05, 0.1) is 5.71 Å². The fourth-order valence-electron chi connectivity index (χ4n) is 2.22. The van der Waals surface area contributed by atoms with E-state index in [0.717, 1.165) is 0 Å². The molecule has 0 heterocycles. The van der Waals surface area contributed by atoms with Crippen LogP contribution in [0.5, 0.6) is 0 Å². The molecule has 0 aromatic heterocycles. The van der Waals surface area contributed by atoms with Gasteiger partial charge in [0.15, 0.2) is 0 Å². The standard InChI is InChI=1S/C11H17NO3/c1-6-10(8(3)14)4-9(7(2)13)5-11(6)12-15/h6,9-10,15H,4-5H2,1-3H3/b12-11-. The average molecular weight is 211 g/mol. The van der Waals surface area contributed by atoms with Gasteiger partial charge in [0.1, 0.15) is 11.6 Å². The Morgan fingerprint density at radius 2 is 1.93 bits per heavy atom. The Morgan fingerprint density at radius 1 is 1.33 bits per heavy atom. The first-order valence-corrected chi connectivity index (χ1v) is 5.19. The summed E-state index contributed by atoms with van der Waals surface area (Å²) in [5.41, 5.74) is 0.571. The Bertz CT molecular complexity index is 309. The zero-order chi connectivity index (χ0) is 11.6. The van der Waals surface area contributed by atoms with Crippen LogP contribution in [0.1, 0.15) is 33.6 Å². The van der Waals surface area contributed by atoms with Crippen molar-refractivity contribution in [1.29, 1.82) is 0 Å². The largest absolute Gasteiger partial charge is 0.411 e. The van der Waals surface area contributed by atoms with Crippen molar-refractivity contribution < 1.29 is 14.8 Å². The Balaban J connectivity index is 2.91. The van der Waals surface area contributed by atoms with Gasteiger partial charge in [-0.15, -0.1) is 0 Å². The first-order chi connectivity index (χ1) is 6.97. The predicted molar refractivity (Wildman–Crippen MR) is 56.0 cm³/mol. The van der Waals surface area contributed by atoms with Crippen LogP contribution in [0.2, 0.25) is 0 Å². The SMILES string of the molecule is CC(=O)C1C/C(=N/O)C(C)C(C(C)=O)C1. The van der Waals surface area contributed by atoms with Gasteiger partial charge in [-0.3, -0.25) is 9.59 Å². The third-order valence-electron chi connectivity index (χ3n) is 3.35. The first-order valence-electron chi connectivity index (χ1n) is 5.19. The normalized spacial score (nSPS) is 34.1. The van der Waals surface area contributed by atoms with Crippen LogP contribution >= 0.6 is 0 Å². The molecule has 1 aliphatic rings. The Hall–Kier alpha value is -1.19. The summed E-state index contributed by atoms with van der Waals surface area (Å²) in [5, 5.41) is 12.0. The number of ketones is 2. The number of rotatable bonds is 2. The van der Waals surface area contributed by atoms with Crippen molar-refractivity contribution >= 4 is 17.3 Å². The summed E-state index contributed by atoms with van der Waals surface area (Å²) in [6, 6.07) is 0. The molecule has 0 aromatic carbocycles. The summed E-state index contributed by atoms with van der Waals surface area (Å²) < 4.78 is 0. The maximum atomic E-state index is 11.4. The highest BCUT2D eigenvalue weighted by atomic mass is 16.4. The van der Waals surface area contributed by atoms with Crippen LogP contribution < -0.4 is 0 Å². The monoisotopic (exact) mass is 211 g/mol. The van der Waals surface area contributed by atoms with Crippen molar-refractivity contribution in [3.05, 3.63) is 0 Å². The van der Waals surface area contributed by atoms with Crippen LogP contribution in [0.15, 0.2) is 5.16 Å². The van der Waals surface area contributed by atoms with Gasteiger partial charge in [0, 0.05) is 17.8 Å². The summed E-state index contributed by atoms with van der Waals surface area (Å²) in [7, 11) is 0. The molecule has 0 spiro atoms. The summed E-state index contributed by atoms with van der Waals surface area (Å²) >= 11 is 0. The molecule has 0 radical (unpaired) electrons. The fourth-order valence-corrected chi connectivity index (χ4v) is 2.22. The highest BCUT2D eigenvalue weighted by molar-refractivity contribution is 5.96. The van der Waals surface area contributed by atoms with Gasteiger partial charge in [-0.2, -0.15) is 0 Å². The topological polar surface area (TPSA) is 66.7 Å². The van der Waals surface area contributed by atoms with E-state index in [0.29, 0.717) is 18.6 Å². The molecular formula is C11H17NO3. The van der Waals surface area contributed by atoms with Crippen LogP contribution in [0, 0.1) is 17.8 Å². The molecule has 4 heteroatoms. The quantitative estimate of drug-likeness (QED) is 0.558. The summed E-state index contributed by atoms with van der Waals surface area (Å²) in [5.74, 6) is -0.272. The molecule has 0 bridgehead atoms. The third-order valence-corrected chi connectivity index (χ3v) is 3.35. The van der Waals surface area contributed by atoms with Gasteiger partial charge in [0.2, 0.25) is 0 Å². The van der Waals surface area contributed by atoms with E-state index >= 15 is 0 Å². The first kappa shape index (κ1) is 11.9. The van der Waals surface area contributed by atoms with Crippen molar-refractivity contribution in [3.63, 3.8) is 0 Å². The maximum absolute atomic E-state index is 11.4. The van der Waals surface area contributed by atoms with Crippen molar-refractivity contribution in [3.8, 4) is 0 Å². The molecule has 0 amide bonds. The van der Waals surface area contributed by atoms with Crippen LogP contribution in [-0.4, -0.2) is 22.5 Å². The van der Waals surface area contributed by atoms with E-state index in [1.165, 1.54) is 13.8 Å². The van der Waals surface area contributed by atoms with E-state index in [-0.39, 0.29) is 29.3 Å². The molecule has 0 aliphatic heterocycles. The van der Waals surface area contributed by atoms with E-state index in [1.807, 2.05) is 6.92 Å². The number of oxime groups is 1. The molecule has 1 N–H and O–H groups in total. The molecule has 1 fully saturated rings. The zero-order valence-corrected chi connectivity index (χ0v) is 9.36. The average Bonchev–Trinajstić information content (AvgIpc) is 2.17. The van der Waals surface area contributed by atoms with Crippen LogP contribution in [0.4, 0.5) is 0 Å². The van der Waals surface area contributed by atoms with Crippen molar-refractivity contribution in [2.75, 3.05) is 0 Å². The van der Waals surface area contributed by atoms with Crippen LogP contribution in [-0.2, 0) is 9.59 Å². The number of carbonyl (C=O) groups is 2. The van der Waals surface area contributed by atoms with Gasteiger partial charge in [-0.25, -0.2) is 0 Å². The fraction of sp³-hybridized carbons (Fsp3) is 0.727. The number of nitrogens with zero attached hydrogens (tertiary/aromatic N) is 1. The van der Waals surface area contributed by atoms with E-state index in [1.54, 1.807) is 0 Å². The molecule has 15 heavy (non-hydrogen) atoms. The lowest BCUT2D eigenvalue weighted by atomic mass is 9.71. The second kappa shape index (κ2) is 4.55. The van der Waals surface area contributed by atoms with Gasteiger partial charge < -0.3 is 5.21 Å². The third kappa shape index (κ3) is 2.43. The van der Waals surface area contributed by atoms with Gasteiger partial charge in [-0.1, -0.05) is 12.1 Å². The molecule has 1 rings (SSSR count). The minimum absolute atomic E-state index is 0.0527. The lowest BCUT2D eigenvalue weighted by Crippen LogP contribution is -2.37. The zero-order valence-electron chi connectivity index (χ0n) is 9.36. The lowest BCUT2D eigenvalue weighted by Gasteiger charge is -2.32. The van der Waals surface area contributed by atoms with Gasteiger partial charge >= 0.3 is 0 Å². The second-order valence-electron chi connectivity index (χ2n) is 4.34. The minimum atomic E-state index is -0.182. The Morgan fingerprint density at radius 3 is 2.33 bits per heavy atom. The van der Waals surface area contributed by atoms with Crippen molar-refractivity contribution in [1.82, 2.24) is 0 Å². The van der Waals surface area contributed by atoms with Gasteiger partial charge in [-0.05, 0) is 26.7 Å². The summed E-state index contributed by atoms with van der Waals surface area (Å²) in [4.78, 5) is 22.7. The van der Waals surface area contributed by atoms with E-state index in [2.05, 4.69) is 5.16 Å². The number of hydrogen-bond donors (Lipinski definition) is 1. The van der Waals surface area contributed by atoms with Crippen molar-refractivity contribution in [2.45, 2.75) is 33.6 Å². The molecule has 0 saturated heterocycles. The highest BCUT2D eigenvalue weighted by Crippen LogP contribution is 2.33. The second-order valence-corrected chi connectivity index (χ2v) is 4.34. The predicted octanol–water partition coefficient (Wildman–Crippen LogP) is 1.66. The minimum Gasteiger partial charge on any atom is -0.411 e. The maximum Gasteiger partial charge on any atom is 0.133 e. The smallest absolute Gasteiger partial charge is 0.133 e. The van der Waals surface area contributed by atoms with Crippen molar-refractivity contribution in [2.24, 2.45) is 22.9 Å². The van der Waals surface area contributed by atoms with Crippen LogP contribution in [0.25, 0.3) is 0 Å². The Labute approximate surface area is 89.3 Å². The Kier molecular flexibility index (Phi) is 3.61. The molecule has 0 aromatic rings.